The Kier molecular flexibility index (Phi) is 6.30. The number of halogens is 1. The minimum absolute atomic E-state index is 0.0451. The summed E-state index contributed by atoms with van der Waals surface area (Å²) in [6.45, 7) is 1.11. The molecule has 2 aromatic carbocycles. The van der Waals surface area contributed by atoms with E-state index < -0.39 is 38.6 Å². The normalized spacial score (nSPS) is 20.6. The van der Waals surface area contributed by atoms with E-state index in [1.54, 1.807) is 12.4 Å². The maximum atomic E-state index is 13.6. The predicted molar refractivity (Wildman–Crippen MR) is 146 cm³/mol. The molecule has 14 heteroatoms. The molecule has 3 atom stereocenters. The number of aromatic nitrogens is 3. The molecule has 1 fully saturated rings. The van der Waals surface area contributed by atoms with Crippen LogP contribution in [-0.4, -0.2) is 51.7 Å². The van der Waals surface area contributed by atoms with Gasteiger partial charge in [0.25, 0.3) is 11.6 Å². The number of carbonyl (C=O) groups excluding carboxylic acids is 3. The van der Waals surface area contributed by atoms with Gasteiger partial charge in [0.1, 0.15) is 23.4 Å². The van der Waals surface area contributed by atoms with Crippen molar-refractivity contribution >= 4 is 67.9 Å². The Labute approximate surface area is 238 Å². The first-order chi connectivity index (χ1) is 19.2. The van der Waals surface area contributed by atoms with Gasteiger partial charge in [-0.1, -0.05) is 28.1 Å². The summed E-state index contributed by atoms with van der Waals surface area (Å²) in [5.41, 5.74) is 2.91. The van der Waals surface area contributed by atoms with Crippen molar-refractivity contribution in [2.24, 2.45) is 0 Å². The number of imidazole rings is 1. The van der Waals surface area contributed by atoms with Crippen LogP contribution >= 0.6 is 27.7 Å². The third-order valence-electron chi connectivity index (χ3n) is 6.58. The van der Waals surface area contributed by atoms with E-state index in [2.05, 4.69) is 25.9 Å². The molecule has 0 N–H and O–H groups in total. The number of nitrogens with zero attached hydrogens (tertiary/aromatic N) is 5. The molecule has 6 rings (SSSR count). The van der Waals surface area contributed by atoms with E-state index in [4.69, 9.17) is 9.47 Å². The maximum Gasteiger partial charge on any atom is 0.355 e. The topological polar surface area (TPSA) is 146 Å². The second-order valence-corrected chi connectivity index (χ2v) is 11.3. The number of β-lactam (4-membered cyclic amide) rings is 1. The highest BCUT2D eigenvalue weighted by Crippen LogP contribution is 2.58. The van der Waals surface area contributed by atoms with Gasteiger partial charge in [0.2, 0.25) is 0 Å². The number of non-ortho nitro benzene ring substituents is 1. The van der Waals surface area contributed by atoms with Gasteiger partial charge in [0, 0.05) is 30.7 Å². The van der Waals surface area contributed by atoms with Crippen molar-refractivity contribution in [2.45, 2.75) is 29.3 Å². The fourth-order valence-electron chi connectivity index (χ4n) is 4.68. The first-order valence-corrected chi connectivity index (χ1v) is 13.6. The van der Waals surface area contributed by atoms with Crippen molar-refractivity contribution in [2.75, 3.05) is 0 Å². The summed E-state index contributed by atoms with van der Waals surface area (Å²) in [5.74, 6) is -1.83. The van der Waals surface area contributed by atoms with Crippen LogP contribution in [0.4, 0.5) is 5.69 Å². The summed E-state index contributed by atoms with van der Waals surface area (Å²) in [7, 11) is 0. The average molecular weight is 624 g/mol. The van der Waals surface area contributed by atoms with Gasteiger partial charge >= 0.3 is 11.9 Å². The van der Waals surface area contributed by atoms with Crippen molar-refractivity contribution in [1.29, 1.82) is 0 Å². The summed E-state index contributed by atoms with van der Waals surface area (Å²) < 4.78 is 11.4. The van der Waals surface area contributed by atoms with Crippen LogP contribution in [0.2, 0.25) is 0 Å². The van der Waals surface area contributed by atoms with Crippen LogP contribution in [0.3, 0.4) is 0 Å². The molecular weight excluding hydrogens is 606 g/mol. The third-order valence-corrected chi connectivity index (χ3v) is 9.27. The molecule has 4 heterocycles. The zero-order valence-electron chi connectivity index (χ0n) is 20.6. The molecule has 0 spiro atoms. The molecule has 2 aliphatic heterocycles. The monoisotopic (exact) mass is 623 g/mol. The number of nitro groups is 1. The fraction of sp³-hybridized carbons (Fsp3) is 0.192. The van der Waals surface area contributed by atoms with Crippen LogP contribution in [0.1, 0.15) is 24.3 Å². The van der Waals surface area contributed by atoms with E-state index in [0.717, 1.165) is 11.0 Å². The number of amides is 1. The number of ether oxygens (including phenoxy) is 2. The van der Waals surface area contributed by atoms with Gasteiger partial charge in [-0.2, -0.15) is 0 Å². The predicted octanol–water partition coefficient (Wildman–Crippen LogP) is 4.03. The number of carbonyl (C=O) groups is 3. The lowest BCUT2D eigenvalue weighted by Gasteiger charge is -2.51. The second kappa shape index (κ2) is 9.71. The number of esters is 2. The van der Waals surface area contributed by atoms with Crippen molar-refractivity contribution in [3.05, 3.63) is 93.4 Å². The molecule has 2 aliphatic rings. The number of nitro benzene ring substituents is 1. The fourth-order valence-corrected chi connectivity index (χ4v) is 6.95. The quantitative estimate of drug-likeness (QED) is 0.0971. The summed E-state index contributed by atoms with van der Waals surface area (Å²) in [4.78, 5) is 59.2. The Morgan fingerprint density at radius 2 is 1.98 bits per heavy atom. The molecule has 202 valence electrons. The molecule has 0 bridgehead atoms. The summed E-state index contributed by atoms with van der Waals surface area (Å²) >= 11 is 4.76. The van der Waals surface area contributed by atoms with E-state index in [1.165, 1.54) is 53.3 Å². The van der Waals surface area contributed by atoms with Gasteiger partial charge < -0.3 is 9.47 Å². The first-order valence-electron chi connectivity index (χ1n) is 11.9. The maximum absolute atomic E-state index is 13.6. The average Bonchev–Trinajstić information content (AvgIpc) is 3.58. The zero-order valence-corrected chi connectivity index (χ0v) is 23.0. The van der Waals surface area contributed by atoms with E-state index >= 15 is 0 Å². The number of thioether (sulfide) groups is 1. The number of rotatable bonds is 7. The van der Waals surface area contributed by atoms with Crippen LogP contribution < -0.4 is 0 Å². The number of hydrogen-bond donors (Lipinski definition) is 0. The number of alkyl halides is 1. The molecule has 2 aromatic heterocycles. The highest BCUT2D eigenvalue weighted by molar-refractivity contribution is 9.10. The molecule has 0 aliphatic carbocycles. The Morgan fingerprint density at radius 1 is 1.23 bits per heavy atom. The van der Waals surface area contributed by atoms with E-state index in [0.29, 0.717) is 16.9 Å². The standard InChI is InChI=1S/C26H18BrN5O7S/c1-14(33)39-22(18-11-30-19-5-3-2-4-17(19)28-10-21(30)29-18)26(27)24(35)31-20(13-40-25(26)31)23(34)38-12-15-6-8-16(9-7-15)32(36)37/h2-11,13,22,25H,12H2,1H3/t22?,25-,26-/m0/s1. The lowest BCUT2D eigenvalue weighted by molar-refractivity contribution is -0.384. The summed E-state index contributed by atoms with van der Waals surface area (Å²) in [6, 6.07) is 13.1. The number of para-hydroxylation sites is 2. The Bertz CT molecular complexity index is 1760. The Balaban J connectivity index is 1.23. The SMILES string of the molecule is CC(=O)OC(c1cn2c(cnc3ccccc32)n1)[C@]1(Br)C(=O)N2C(C(=O)OCc3ccc([N+](=O)[O-])cc3)=CS[C@H]21. The van der Waals surface area contributed by atoms with Crippen molar-refractivity contribution in [3.63, 3.8) is 0 Å². The molecule has 40 heavy (non-hydrogen) atoms. The van der Waals surface area contributed by atoms with Gasteiger partial charge in [0.15, 0.2) is 16.1 Å². The van der Waals surface area contributed by atoms with E-state index in [1.807, 2.05) is 28.7 Å². The second-order valence-electron chi connectivity index (χ2n) is 9.06. The highest BCUT2D eigenvalue weighted by Gasteiger charge is 2.69. The molecule has 1 saturated heterocycles. The lowest BCUT2D eigenvalue weighted by atomic mass is 9.89. The Morgan fingerprint density at radius 3 is 2.70 bits per heavy atom. The number of fused-ring (bicyclic) bond motifs is 4. The van der Waals surface area contributed by atoms with Gasteiger partial charge in [-0.05, 0) is 29.8 Å². The van der Waals surface area contributed by atoms with Gasteiger partial charge in [-0.25, -0.2) is 9.78 Å². The zero-order chi connectivity index (χ0) is 28.2. The first kappa shape index (κ1) is 26.0. The lowest BCUT2D eigenvalue weighted by Crippen LogP contribution is -2.70. The number of hydrogen-bond acceptors (Lipinski definition) is 10. The highest BCUT2D eigenvalue weighted by atomic mass is 79.9. The van der Waals surface area contributed by atoms with E-state index in [-0.39, 0.29) is 18.0 Å². The van der Waals surface area contributed by atoms with Crippen molar-refractivity contribution in [3.8, 4) is 0 Å². The van der Waals surface area contributed by atoms with Crippen molar-refractivity contribution in [1.82, 2.24) is 19.3 Å². The largest absolute Gasteiger partial charge is 0.456 e. The van der Waals surface area contributed by atoms with Crippen LogP contribution in [0.5, 0.6) is 0 Å². The molecule has 0 saturated carbocycles. The molecule has 4 aromatic rings. The molecule has 0 radical (unpaired) electrons. The molecule has 12 nitrogen and oxygen atoms in total. The van der Waals surface area contributed by atoms with Gasteiger partial charge in [0.05, 0.1) is 22.2 Å². The van der Waals surface area contributed by atoms with Crippen LogP contribution in [0, 0.1) is 10.1 Å². The van der Waals surface area contributed by atoms with Gasteiger partial charge in [-0.3, -0.25) is 34.0 Å². The van der Waals surface area contributed by atoms with E-state index in [9.17, 15) is 24.5 Å². The number of benzene rings is 2. The minimum atomic E-state index is -1.40. The van der Waals surface area contributed by atoms with Crippen LogP contribution in [0.25, 0.3) is 16.7 Å². The minimum Gasteiger partial charge on any atom is -0.456 e. The van der Waals surface area contributed by atoms with Gasteiger partial charge in [-0.15, -0.1) is 11.8 Å². The smallest absolute Gasteiger partial charge is 0.355 e. The summed E-state index contributed by atoms with van der Waals surface area (Å²) in [5, 5.41) is 11.7. The molecule has 1 unspecified atom stereocenters. The molecular formula is C26H18BrN5O7S. The molecule has 1 amide bonds. The Hall–Kier alpha value is -4.30. The third kappa shape index (κ3) is 4.10. The summed E-state index contributed by atoms with van der Waals surface area (Å²) in [6.07, 6.45) is 2.20. The van der Waals surface area contributed by atoms with Crippen LogP contribution in [0.15, 0.2) is 72.0 Å². The van der Waals surface area contributed by atoms with Crippen molar-refractivity contribution < 1.29 is 28.8 Å². The van der Waals surface area contributed by atoms with Crippen LogP contribution in [-0.2, 0) is 30.5 Å².